The summed E-state index contributed by atoms with van der Waals surface area (Å²) in [4.78, 5) is 54.0. The third-order valence-corrected chi connectivity index (χ3v) is 16.6. The lowest BCUT2D eigenvalue weighted by atomic mass is 9.73. The van der Waals surface area contributed by atoms with Crippen molar-refractivity contribution in [1.29, 1.82) is 0 Å². The Morgan fingerprint density at radius 1 is 0.973 bits per heavy atom. The minimum atomic E-state index is -1.52. The van der Waals surface area contributed by atoms with Gasteiger partial charge < -0.3 is 39.5 Å². The molecule has 19 heteroatoms. The minimum Gasteiger partial charge on any atom is -0.508 e. The van der Waals surface area contributed by atoms with Crippen molar-refractivity contribution in [3.05, 3.63) is 101 Å². The molecule has 4 aliphatic heterocycles. The SMILES string of the molecule is [B][C@@]1(C(=O)N[C@@H](C)c2ccc(-c3scnc3C)cc2)CCCN1C(=O)C(c1cc(OCC2CCN(CCOc3nc(N4CC5CCC(C4)N5)c4cnc(-c5cc(O)cc6ccccc56)c(F)c4n3)CC2)no1)C(C)C. The van der Waals surface area contributed by atoms with Crippen molar-refractivity contribution in [1.82, 2.24) is 45.5 Å². The number of piperidine rings is 1. The summed E-state index contributed by atoms with van der Waals surface area (Å²) in [6, 6.07) is 20.9. The van der Waals surface area contributed by atoms with Crippen molar-refractivity contribution in [2.75, 3.05) is 57.4 Å². The summed E-state index contributed by atoms with van der Waals surface area (Å²) in [5.41, 5.74) is 3.98. The highest BCUT2D eigenvalue weighted by Gasteiger charge is 2.48. The van der Waals surface area contributed by atoms with Crippen molar-refractivity contribution >= 4 is 58.5 Å². The molecule has 5 atom stereocenters. The first-order valence-electron chi connectivity index (χ1n) is 26.2. The van der Waals surface area contributed by atoms with Crippen LogP contribution in [0.2, 0.25) is 0 Å². The molecule has 3 N–H and O–H groups in total. The van der Waals surface area contributed by atoms with E-state index in [0.717, 1.165) is 84.3 Å². The number of thiazole rings is 1. The molecule has 388 valence electrons. The normalized spacial score (nSPS) is 21.0. The number of hydrogen-bond donors (Lipinski definition) is 3. The number of fused-ring (bicyclic) bond motifs is 4. The van der Waals surface area contributed by atoms with Gasteiger partial charge in [0.05, 0.1) is 39.6 Å². The van der Waals surface area contributed by atoms with E-state index in [-0.39, 0.29) is 46.8 Å². The summed E-state index contributed by atoms with van der Waals surface area (Å²) in [6.07, 6.45) is 6.49. The molecule has 2 bridgehead atoms. The highest BCUT2D eigenvalue weighted by Crippen LogP contribution is 2.39. The number of amides is 2. The van der Waals surface area contributed by atoms with Gasteiger partial charge in [0.1, 0.15) is 43.1 Å². The summed E-state index contributed by atoms with van der Waals surface area (Å²) in [5.74, 6) is -0.618. The van der Waals surface area contributed by atoms with Gasteiger partial charge >= 0.3 is 6.01 Å². The van der Waals surface area contributed by atoms with E-state index in [0.29, 0.717) is 79.6 Å². The van der Waals surface area contributed by atoms with E-state index in [1.54, 1.807) is 35.7 Å². The monoisotopic (exact) mass is 1030 g/mol. The standard InChI is InChI=1S/C56H62BFN10O6S/c1-32(2)47(53(70)68-19-7-18-56(68,57)54(71)61-33(3)36-10-12-37(13-11-36)51-34(4)60-31-75-51)45-26-46(65-74-45)73-30-35-16-20-66(21-17-35)22-23-72-55-63-50-44(52(64-55)67-28-39-14-15-40(29-67)62-39)27-59-49(48(50)58)43-25-41(69)24-38-8-5-6-9-42(38)43/h5-6,8-13,24-27,31-33,35,39-40,47,62,69H,7,14-23,28-30H2,1-4H3,(H,61,71)/t33-,39?,40?,47?,56-/m0/s1. The van der Waals surface area contributed by atoms with Gasteiger partial charge in [-0.2, -0.15) is 9.97 Å². The number of pyridine rings is 1. The number of phenols is 1. The molecule has 0 aliphatic carbocycles. The van der Waals surface area contributed by atoms with Crippen LogP contribution in [0.25, 0.3) is 43.4 Å². The average Bonchev–Trinajstić information content (AvgIpc) is 4.23. The number of carbonyl (C=O) groups excluding carboxylic acids is 2. The number of rotatable bonds is 16. The molecular formula is C56H62BFN10O6S. The Balaban J connectivity index is 0.694. The number of halogens is 1. The van der Waals surface area contributed by atoms with Gasteiger partial charge in [-0.1, -0.05) is 62.4 Å². The Hall–Kier alpha value is -6.70. The lowest BCUT2D eigenvalue weighted by Crippen LogP contribution is -2.59. The molecule has 2 amide bonds. The summed E-state index contributed by atoms with van der Waals surface area (Å²) < 4.78 is 35.1. The van der Waals surface area contributed by atoms with E-state index in [2.05, 4.69) is 40.5 Å². The van der Waals surface area contributed by atoms with Gasteiger partial charge in [-0.3, -0.25) is 19.5 Å². The molecule has 8 heterocycles. The predicted molar refractivity (Wildman–Crippen MR) is 287 cm³/mol. The molecule has 0 spiro atoms. The quantitative estimate of drug-likeness (QED) is 0.0785. The van der Waals surface area contributed by atoms with Crippen molar-refractivity contribution < 1.29 is 33.1 Å². The van der Waals surface area contributed by atoms with Crippen LogP contribution < -0.4 is 25.0 Å². The number of carbonyl (C=O) groups is 2. The van der Waals surface area contributed by atoms with Crippen LogP contribution in [0.1, 0.15) is 88.3 Å². The molecule has 3 aromatic carbocycles. The zero-order chi connectivity index (χ0) is 52.0. The van der Waals surface area contributed by atoms with E-state index in [4.69, 9.17) is 26.8 Å². The zero-order valence-electron chi connectivity index (χ0n) is 42.8. The Labute approximate surface area is 440 Å². The van der Waals surface area contributed by atoms with E-state index < -0.39 is 23.1 Å². The number of aromatic hydroxyl groups is 1. The molecule has 11 rings (SSSR count). The average molecular weight is 1030 g/mol. The molecule has 16 nitrogen and oxygen atoms in total. The fourth-order valence-corrected chi connectivity index (χ4v) is 12.3. The summed E-state index contributed by atoms with van der Waals surface area (Å²) >= 11 is 1.59. The van der Waals surface area contributed by atoms with Crippen LogP contribution in [-0.2, 0) is 9.59 Å². The fourth-order valence-electron chi connectivity index (χ4n) is 11.5. The number of phenolic OH excluding ortho intramolecular Hbond substituents is 1. The number of aryl methyl sites for hydroxylation is 1. The van der Waals surface area contributed by atoms with Gasteiger partial charge in [0.15, 0.2) is 11.6 Å². The van der Waals surface area contributed by atoms with Gasteiger partial charge in [0.25, 0.3) is 5.88 Å². The molecule has 3 unspecified atom stereocenters. The van der Waals surface area contributed by atoms with Crippen LogP contribution in [0.4, 0.5) is 10.2 Å². The number of nitrogens with zero attached hydrogens (tertiary/aromatic N) is 8. The van der Waals surface area contributed by atoms with Crippen molar-refractivity contribution in [2.45, 2.75) is 95.7 Å². The number of benzene rings is 3. The third kappa shape index (κ3) is 10.3. The smallest absolute Gasteiger partial charge is 0.319 e. The molecule has 75 heavy (non-hydrogen) atoms. The molecule has 4 fully saturated rings. The van der Waals surface area contributed by atoms with Gasteiger partial charge in [-0.25, -0.2) is 9.37 Å². The first-order valence-corrected chi connectivity index (χ1v) is 27.1. The van der Waals surface area contributed by atoms with E-state index in [1.165, 1.54) is 4.90 Å². The Bertz CT molecular complexity index is 3210. The molecule has 4 saturated heterocycles. The van der Waals surface area contributed by atoms with Crippen LogP contribution in [0.15, 0.2) is 83.0 Å². The summed E-state index contributed by atoms with van der Waals surface area (Å²) in [5, 5.41) is 23.6. The maximum Gasteiger partial charge on any atom is 0.319 e. The molecular weight excluding hydrogens is 971 g/mol. The van der Waals surface area contributed by atoms with Crippen molar-refractivity contribution in [3.8, 4) is 39.3 Å². The van der Waals surface area contributed by atoms with Crippen LogP contribution in [0.3, 0.4) is 0 Å². The first-order chi connectivity index (χ1) is 36.3. The van der Waals surface area contributed by atoms with E-state index in [1.807, 2.05) is 81.7 Å². The number of piperazine rings is 1. The lowest BCUT2D eigenvalue weighted by Gasteiger charge is -2.38. The molecule has 0 saturated carbocycles. The number of aromatic nitrogens is 5. The number of ether oxygens (including phenoxy) is 2. The highest BCUT2D eigenvalue weighted by molar-refractivity contribution is 7.13. The highest BCUT2D eigenvalue weighted by atomic mass is 32.1. The second-order valence-electron chi connectivity index (χ2n) is 21.1. The van der Waals surface area contributed by atoms with Gasteiger partial charge in [-0.15, -0.1) is 11.3 Å². The van der Waals surface area contributed by atoms with E-state index >= 15 is 4.39 Å². The number of hydrogen-bond acceptors (Lipinski definition) is 15. The van der Waals surface area contributed by atoms with Gasteiger partial charge in [0.2, 0.25) is 11.8 Å². The number of nitrogens with one attached hydrogen (secondary N) is 2. The molecule has 4 aliphatic rings. The second kappa shape index (κ2) is 21.1. The summed E-state index contributed by atoms with van der Waals surface area (Å²) in [6.45, 7) is 12.6. The maximum absolute atomic E-state index is 16.9. The maximum atomic E-state index is 16.9. The van der Waals surface area contributed by atoms with Crippen LogP contribution in [-0.4, -0.2) is 130 Å². The Morgan fingerprint density at radius 3 is 2.49 bits per heavy atom. The molecule has 4 aromatic heterocycles. The van der Waals surface area contributed by atoms with Gasteiger partial charge in [-0.05, 0) is 116 Å². The Kier molecular flexibility index (Phi) is 14.2. The van der Waals surface area contributed by atoms with Crippen LogP contribution in [0, 0.1) is 24.6 Å². The lowest BCUT2D eigenvalue weighted by molar-refractivity contribution is -0.143. The predicted octanol–water partition coefficient (Wildman–Crippen LogP) is 8.32. The number of anilines is 1. The van der Waals surface area contributed by atoms with Crippen molar-refractivity contribution in [2.24, 2.45) is 11.8 Å². The first kappa shape index (κ1) is 50.5. The Morgan fingerprint density at radius 2 is 1.75 bits per heavy atom. The van der Waals surface area contributed by atoms with Crippen LogP contribution >= 0.6 is 11.3 Å². The summed E-state index contributed by atoms with van der Waals surface area (Å²) in [7, 11) is 6.87. The third-order valence-electron chi connectivity index (χ3n) is 15.7. The largest absolute Gasteiger partial charge is 0.508 e. The van der Waals surface area contributed by atoms with Gasteiger partial charge in [0, 0.05) is 56.1 Å². The zero-order valence-corrected chi connectivity index (χ0v) is 43.6. The molecule has 7 aromatic rings. The van der Waals surface area contributed by atoms with Crippen molar-refractivity contribution in [3.63, 3.8) is 0 Å². The number of likely N-dealkylation sites (tertiary alicyclic amines) is 2. The van der Waals surface area contributed by atoms with Crippen LogP contribution in [0.5, 0.6) is 17.6 Å². The minimum absolute atomic E-state index is 0.0221. The molecule has 2 radical (unpaired) electrons. The fraction of sp³-hybridized carbons (Fsp3) is 0.446. The topological polar surface area (TPSA) is 184 Å². The second-order valence-corrected chi connectivity index (χ2v) is 22.0. The van der Waals surface area contributed by atoms with E-state index in [9.17, 15) is 14.7 Å².